The first-order valence-corrected chi connectivity index (χ1v) is 7.74. The normalized spacial score (nSPS) is 19.6. The Hall–Kier alpha value is -0.610. The Kier molecular flexibility index (Phi) is 7.39. The molecule has 4 heteroatoms. The Labute approximate surface area is 118 Å². The zero-order valence-electron chi connectivity index (χ0n) is 12.8. The summed E-state index contributed by atoms with van der Waals surface area (Å²) in [6.07, 6.45) is 5.53. The summed E-state index contributed by atoms with van der Waals surface area (Å²) >= 11 is 0. The fraction of sp³-hybridized carbons (Fsp3) is 0.933. The second kappa shape index (κ2) is 8.54. The van der Waals surface area contributed by atoms with Gasteiger partial charge in [-0.15, -0.1) is 0 Å². The summed E-state index contributed by atoms with van der Waals surface area (Å²) in [4.78, 5) is 14.1. The van der Waals surface area contributed by atoms with Gasteiger partial charge in [0.1, 0.15) is 0 Å². The van der Waals surface area contributed by atoms with Crippen LogP contribution in [0, 0.1) is 5.92 Å². The summed E-state index contributed by atoms with van der Waals surface area (Å²) in [7, 11) is 0. The number of amides is 1. The van der Waals surface area contributed by atoms with Gasteiger partial charge in [0.15, 0.2) is 0 Å². The molecule has 1 unspecified atom stereocenters. The van der Waals surface area contributed by atoms with Crippen molar-refractivity contribution in [3.63, 3.8) is 0 Å². The van der Waals surface area contributed by atoms with Crippen LogP contribution in [-0.2, 0) is 4.79 Å². The highest BCUT2D eigenvalue weighted by Gasteiger charge is 2.18. The minimum Gasteiger partial charge on any atom is -0.353 e. The zero-order valence-corrected chi connectivity index (χ0v) is 12.8. The van der Waals surface area contributed by atoms with Crippen molar-refractivity contribution in [1.82, 2.24) is 10.2 Å². The Morgan fingerprint density at radius 3 is 2.47 bits per heavy atom. The quantitative estimate of drug-likeness (QED) is 0.740. The van der Waals surface area contributed by atoms with Crippen molar-refractivity contribution >= 4 is 5.91 Å². The number of rotatable bonds is 7. The number of carbonyl (C=O) groups is 1. The van der Waals surface area contributed by atoms with Crippen molar-refractivity contribution in [1.29, 1.82) is 0 Å². The van der Waals surface area contributed by atoms with Crippen LogP contribution in [0.3, 0.4) is 0 Å². The molecule has 1 aliphatic rings. The molecule has 1 saturated heterocycles. The Bertz CT molecular complexity index is 260. The SMILES string of the molecule is CC(C)CCCC(C)NC(=O)CN1CCC(N)CC1. The van der Waals surface area contributed by atoms with Gasteiger partial charge in [0.05, 0.1) is 6.54 Å². The lowest BCUT2D eigenvalue weighted by Gasteiger charge is -2.29. The molecule has 0 aromatic heterocycles. The van der Waals surface area contributed by atoms with E-state index in [2.05, 4.69) is 31.0 Å². The highest BCUT2D eigenvalue weighted by atomic mass is 16.2. The van der Waals surface area contributed by atoms with Crippen molar-refractivity contribution in [2.24, 2.45) is 11.7 Å². The number of hydrogen-bond acceptors (Lipinski definition) is 3. The lowest BCUT2D eigenvalue weighted by atomic mass is 10.0. The maximum Gasteiger partial charge on any atom is 0.234 e. The molecule has 1 fully saturated rings. The average Bonchev–Trinajstić information content (AvgIpc) is 2.31. The molecule has 0 spiro atoms. The molecular weight excluding hydrogens is 238 g/mol. The van der Waals surface area contributed by atoms with Crippen LogP contribution in [0.25, 0.3) is 0 Å². The molecule has 1 aliphatic heterocycles. The maximum absolute atomic E-state index is 11.9. The van der Waals surface area contributed by atoms with Crippen LogP contribution in [0.5, 0.6) is 0 Å². The van der Waals surface area contributed by atoms with Gasteiger partial charge in [-0.2, -0.15) is 0 Å². The van der Waals surface area contributed by atoms with E-state index >= 15 is 0 Å². The van der Waals surface area contributed by atoms with Crippen LogP contribution < -0.4 is 11.1 Å². The summed E-state index contributed by atoms with van der Waals surface area (Å²) < 4.78 is 0. The third kappa shape index (κ3) is 7.53. The molecule has 112 valence electrons. The van der Waals surface area contributed by atoms with Gasteiger partial charge in [0.2, 0.25) is 5.91 Å². The van der Waals surface area contributed by atoms with Gasteiger partial charge in [-0.25, -0.2) is 0 Å². The molecule has 4 nitrogen and oxygen atoms in total. The third-order valence-corrected chi connectivity index (χ3v) is 3.83. The van der Waals surface area contributed by atoms with Gasteiger partial charge >= 0.3 is 0 Å². The zero-order chi connectivity index (χ0) is 14.3. The standard InChI is InChI=1S/C15H31N3O/c1-12(2)5-4-6-13(3)17-15(19)11-18-9-7-14(16)8-10-18/h12-14H,4-11,16H2,1-3H3,(H,17,19). The van der Waals surface area contributed by atoms with Crippen molar-refractivity contribution in [2.75, 3.05) is 19.6 Å². The Balaban J connectivity index is 2.12. The number of nitrogens with zero attached hydrogens (tertiary/aromatic N) is 1. The van der Waals surface area contributed by atoms with Gasteiger partial charge in [0.25, 0.3) is 0 Å². The van der Waals surface area contributed by atoms with Crippen molar-refractivity contribution in [2.45, 2.75) is 65.0 Å². The van der Waals surface area contributed by atoms with E-state index in [4.69, 9.17) is 5.73 Å². The second-order valence-electron chi connectivity index (χ2n) is 6.41. The molecule has 0 aromatic carbocycles. The summed E-state index contributed by atoms with van der Waals surface area (Å²) in [6.45, 7) is 9.02. The van der Waals surface area contributed by atoms with Crippen LogP contribution in [0.2, 0.25) is 0 Å². The van der Waals surface area contributed by atoms with Crippen molar-refractivity contribution < 1.29 is 4.79 Å². The number of hydrogen-bond donors (Lipinski definition) is 2. The van der Waals surface area contributed by atoms with Crippen LogP contribution >= 0.6 is 0 Å². The molecule has 1 heterocycles. The highest BCUT2D eigenvalue weighted by molar-refractivity contribution is 5.78. The molecule has 1 atom stereocenters. The smallest absolute Gasteiger partial charge is 0.234 e. The van der Waals surface area contributed by atoms with Crippen LogP contribution in [0.4, 0.5) is 0 Å². The van der Waals surface area contributed by atoms with E-state index in [1.807, 2.05) is 0 Å². The summed E-state index contributed by atoms with van der Waals surface area (Å²) in [5.74, 6) is 0.910. The molecular formula is C15H31N3O. The molecule has 19 heavy (non-hydrogen) atoms. The topological polar surface area (TPSA) is 58.4 Å². The minimum absolute atomic E-state index is 0.160. The highest BCUT2D eigenvalue weighted by Crippen LogP contribution is 2.09. The predicted molar refractivity (Wildman–Crippen MR) is 79.9 cm³/mol. The fourth-order valence-corrected chi connectivity index (χ4v) is 2.54. The van der Waals surface area contributed by atoms with Crippen LogP contribution in [0.1, 0.15) is 52.9 Å². The summed E-state index contributed by atoms with van der Waals surface area (Å²) in [5.41, 5.74) is 5.86. The molecule has 1 amide bonds. The monoisotopic (exact) mass is 269 g/mol. The van der Waals surface area contributed by atoms with E-state index in [-0.39, 0.29) is 5.91 Å². The second-order valence-corrected chi connectivity index (χ2v) is 6.41. The van der Waals surface area contributed by atoms with Crippen molar-refractivity contribution in [3.05, 3.63) is 0 Å². The van der Waals surface area contributed by atoms with Crippen molar-refractivity contribution in [3.8, 4) is 0 Å². The first kappa shape index (κ1) is 16.4. The van der Waals surface area contributed by atoms with Gasteiger partial charge in [-0.05, 0) is 32.1 Å². The molecule has 0 aliphatic carbocycles. The largest absolute Gasteiger partial charge is 0.353 e. The predicted octanol–water partition coefficient (Wildman–Crippen LogP) is 1.74. The molecule has 3 N–H and O–H groups in total. The third-order valence-electron chi connectivity index (χ3n) is 3.83. The van der Waals surface area contributed by atoms with E-state index in [0.717, 1.165) is 38.3 Å². The first-order chi connectivity index (χ1) is 8.97. The molecule has 0 bridgehead atoms. The van der Waals surface area contributed by atoms with Crippen LogP contribution in [0.15, 0.2) is 0 Å². The molecule has 0 aromatic rings. The number of piperidine rings is 1. The van der Waals surface area contributed by atoms with E-state index < -0.39 is 0 Å². The van der Waals surface area contributed by atoms with E-state index in [1.165, 1.54) is 12.8 Å². The van der Waals surface area contributed by atoms with Gasteiger partial charge in [-0.1, -0.05) is 26.7 Å². The first-order valence-electron chi connectivity index (χ1n) is 7.74. The number of carbonyl (C=O) groups excluding carboxylic acids is 1. The summed E-state index contributed by atoms with van der Waals surface area (Å²) in [6, 6.07) is 0.618. The average molecular weight is 269 g/mol. The number of nitrogens with two attached hydrogens (primary N) is 1. The fourth-order valence-electron chi connectivity index (χ4n) is 2.54. The lowest BCUT2D eigenvalue weighted by molar-refractivity contribution is -0.123. The molecule has 0 radical (unpaired) electrons. The number of likely N-dealkylation sites (tertiary alicyclic amines) is 1. The Morgan fingerprint density at radius 1 is 1.26 bits per heavy atom. The van der Waals surface area contributed by atoms with E-state index in [1.54, 1.807) is 0 Å². The summed E-state index contributed by atoms with van der Waals surface area (Å²) in [5, 5.41) is 3.10. The molecule has 0 saturated carbocycles. The van der Waals surface area contributed by atoms with E-state index in [0.29, 0.717) is 18.6 Å². The maximum atomic E-state index is 11.9. The van der Waals surface area contributed by atoms with Gasteiger partial charge in [-0.3, -0.25) is 9.69 Å². The van der Waals surface area contributed by atoms with Crippen LogP contribution in [-0.4, -0.2) is 42.5 Å². The molecule has 1 rings (SSSR count). The van der Waals surface area contributed by atoms with Gasteiger partial charge < -0.3 is 11.1 Å². The number of nitrogens with one attached hydrogen (secondary N) is 1. The van der Waals surface area contributed by atoms with E-state index in [9.17, 15) is 4.79 Å². The lowest BCUT2D eigenvalue weighted by Crippen LogP contribution is -2.46. The Morgan fingerprint density at radius 2 is 1.89 bits per heavy atom. The minimum atomic E-state index is 0.160. The van der Waals surface area contributed by atoms with Gasteiger partial charge in [0, 0.05) is 25.2 Å².